The van der Waals surface area contributed by atoms with E-state index in [1.165, 1.54) is 12.1 Å². The Bertz CT molecular complexity index is 615. The van der Waals surface area contributed by atoms with Gasteiger partial charge in [0.15, 0.2) is 11.6 Å². The lowest BCUT2D eigenvalue weighted by molar-refractivity contribution is 0.189. The fraction of sp³-hybridized carbons (Fsp3) is 0.200. The molecule has 0 bridgehead atoms. The Labute approximate surface area is 124 Å². The average molecular weight is 343 g/mol. The molecule has 2 aromatic rings. The molecular weight excluding hydrogens is 330 g/mol. The Morgan fingerprint density at radius 1 is 1.25 bits per heavy atom. The Kier molecular flexibility index (Phi) is 4.73. The van der Waals surface area contributed by atoms with Crippen LogP contribution in [0, 0.1) is 11.6 Å². The van der Waals surface area contributed by atoms with Crippen molar-refractivity contribution in [2.24, 2.45) is 0 Å². The summed E-state index contributed by atoms with van der Waals surface area (Å²) in [7, 11) is 0. The van der Waals surface area contributed by atoms with Crippen molar-refractivity contribution in [3.05, 3.63) is 63.6 Å². The largest absolute Gasteiger partial charge is 0.488 e. The van der Waals surface area contributed by atoms with Crippen LogP contribution in [0.5, 0.6) is 5.75 Å². The molecule has 0 aliphatic rings. The molecule has 0 fully saturated rings. The highest BCUT2D eigenvalue weighted by Crippen LogP contribution is 2.29. The third-order valence-corrected chi connectivity index (χ3v) is 3.33. The Morgan fingerprint density at radius 2 is 2.00 bits per heavy atom. The first-order chi connectivity index (χ1) is 9.49. The lowest BCUT2D eigenvalue weighted by Crippen LogP contribution is -2.03. The number of ether oxygens (including phenoxy) is 1. The van der Waals surface area contributed by atoms with Gasteiger partial charge in [-0.3, -0.25) is 0 Å². The molecule has 5 heteroatoms. The molecule has 2 aromatic carbocycles. The normalized spacial score (nSPS) is 12.2. The van der Waals surface area contributed by atoms with Gasteiger partial charge in [-0.2, -0.15) is 0 Å². The minimum atomic E-state index is -0.916. The van der Waals surface area contributed by atoms with Crippen LogP contribution in [0.4, 0.5) is 8.78 Å². The van der Waals surface area contributed by atoms with Crippen molar-refractivity contribution in [1.82, 2.24) is 0 Å². The number of rotatable bonds is 4. The van der Waals surface area contributed by atoms with E-state index in [0.717, 1.165) is 10.5 Å². The van der Waals surface area contributed by atoms with Gasteiger partial charge in [-0.1, -0.05) is 34.1 Å². The zero-order chi connectivity index (χ0) is 14.7. The van der Waals surface area contributed by atoms with Gasteiger partial charge in [-0.15, -0.1) is 0 Å². The zero-order valence-corrected chi connectivity index (χ0v) is 12.3. The molecule has 1 N–H and O–H groups in total. The summed E-state index contributed by atoms with van der Waals surface area (Å²) in [5.41, 5.74) is 0.714. The average Bonchev–Trinajstić information content (AvgIpc) is 2.40. The summed E-state index contributed by atoms with van der Waals surface area (Å²) < 4.78 is 32.9. The molecule has 2 rings (SSSR count). The summed E-state index contributed by atoms with van der Waals surface area (Å²) in [6, 6.07) is 9.11. The molecule has 0 heterocycles. The molecule has 0 aromatic heterocycles. The molecule has 0 saturated carbocycles. The summed E-state index contributed by atoms with van der Waals surface area (Å²) in [6.07, 6.45) is -0.713. The van der Waals surface area contributed by atoms with Gasteiger partial charge in [0.05, 0.1) is 6.10 Å². The molecule has 0 amide bonds. The minimum Gasteiger partial charge on any atom is -0.488 e. The van der Waals surface area contributed by atoms with Crippen LogP contribution in [0.3, 0.4) is 0 Å². The lowest BCUT2D eigenvalue weighted by Gasteiger charge is -2.14. The molecule has 0 aliphatic heterocycles. The maximum Gasteiger partial charge on any atom is 0.165 e. The van der Waals surface area contributed by atoms with Crippen LogP contribution in [0.1, 0.15) is 24.2 Å². The Balaban J connectivity index is 2.22. The van der Waals surface area contributed by atoms with Crippen LogP contribution >= 0.6 is 15.9 Å². The highest BCUT2D eigenvalue weighted by atomic mass is 79.9. The van der Waals surface area contributed by atoms with Crippen molar-refractivity contribution in [3.8, 4) is 5.75 Å². The van der Waals surface area contributed by atoms with Crippen LogP contribution in [-0.4, -0.2) is 5.11 Å². The summed E-state index contributed by atoms with van der Waals surface area (Å²) in [6.45, 7) is 1.50. The van der Waals surface area contributed by atoms with Crippen LogP contribution < -0.4 is 4.74 Å². The second-order valence-corrected chi connectivity index (χ2v) is 5.28. The fourth-order valence-corrected chi connectivity index (χ4v) is 2.13. The van der Waals surface area contributed by atoms with Crippen LogP contribution in [-0.2, 0) is 6.61 Å². The van der Waals surface area contributed by atoms with Crippen molar-refractivity contribution < 1.29 is 18.6 Å². The fourth-order valence-electron chi connectivity index (χ4n) is 1.79. The smallest absolute Gasteiger partial charge is 0.165 e. The van der Waals surface area contributed by atoms with E-state index >= 15 is 0 Å². The second kappa shape index (κ2) is 6.33. The number of benzene rings is 2. The summed E-state index contributed by atoms with van der Waals surface area (Å²) >= 11 is 3.30. The van der Waals surface area contributed by atoms with Crippen LogP contribution in [0.2, 0.25) is 0 Å². The van der Waals surface area contributed by atoms with Crippen molar-refractivity contribution in [1.29, 1.82) is 0 Å². The number of halogens is 3. The van der Waals surface area contributed by atoms with Gasteiger partial charge in [0.1, 0.15) is 12.4 Å². The highest BCUT2D eigenvalue weighted by molar-refractivity contribution is 9.10. The molecule has 2 nitrogen and oxygen atoms in total. The first-order valence-corrected chi connectivity index (χ1v) is 6.81. The van der Waals surface area contributed by atoms with Gasteiger partial charge in [-0.05, 0) is 25.1 Å². The molecule has 0 spiro atoms. The van der Waals surface area contributed by atoms with Crippen molar-refractivity contribution in [2.75, 3.05) is 0 Å². The van der Waals surface area contributed by atoms with Crippen molar-refractivity contribution in [3.63, 3.8) is 0 Å². The summed E-state index contributed by atoms with van der Waals surface area (Å²) in [4.78, 5) is 0. The maximum absolute atomic E-state index is 13.5. The van der Waals surface area contributed by atoms with Gasteiger partial charge < -0.3 is 9.84 Å². The third kappa shape index (κ3) is 3.35. The number of aliphatic hydroxyl groups excluding tert-OH is 1. The molecule has 0 radical (unpaired) electrons. The van der Waals surface area contributed by atoms with Gasteiger partial charge in [0.2, 0.25) is 0 Å². The Morgan fingerprint density at radius 3 is 2.70 bits per heavy atom. The quantitative estimate of drug-likeness (QED) is 0.894. The SMILES string of the molecule is C[C@@H](O)c1ccc(Br)cc1OCc1cccc(F)c1F. The maximum atomic E-state index is 13.5. The standard InChI is InChI=1S/C15H13BrF2O2/c1-9(19)12-6-5-11(16)7-14(12)20-8-10-3-2-4-13(17)15(10)18/h2-7,9,19H,8H2,1H3/t9-/m1/s1. The van der Waals surface area contributed by atoms with Crippen molar-refractivity contribution in [2.45, 2.75) is 19.6 Å². The van der Waals surface area contributed by atoms with E-state index < -0.39 is 17.7 Å². The topological polar surface area (TPSA) is 29.5 Å². The first kappa shape index (κ1) is 14.9. The van der Waals surface area contributed by atoms with Gasteiger partial charge in [-0.25, -0.2) is 8.78 Å². The minimum absolute atomic E-state index is 0.111. The van der Waals surface area contributed by atoms with E-state index in [4.69, 9.17) is 4.74 Å². The monoisotopic (exact) mass is 342 g/mol. The number of hydrogen-bond donors (Lipinski definition) is 1. The number of aliphatic hydroxyl groups is 1. The number of hydrogen-bond acceptors (Lipinski definition) is 2. The molecule has 0 saturated heterocycles. The summed E-state index contributed by atoms with van der Waals surface area (Å²) in [5.74, 6) is -1.39. The predicted molar refractivity (Wildman–Crippen MR) is 75.5 cm³/mol. The van der Waals surface area contributed by atoms with E-state index in [-0.39, 0.29) is 12.2 Å². The molecule has 106 valence electrons. The van der Waals surface area contributed by atoms with Crippen LogP contribution in [0.15, 0.2) is 40.9 Å². The lowest BCUT2D eigenvalue weighted by atomic mass is 10.1. The van der Waals surface area contributed by atoms with E-state index in [1.807, 2.05) is 0 Å². The van der Waals surface area contributed by atoms with Gasteiger partial charge in [0.25, 0.3) is 0 Å². The van der Waals surface area contributed by atoms with E-state index in [9.17, 15) is 13.9 Å². The first-order valence-electron chi connectivity index (χ1n) is 6.02. The molecule has 0 aliphatic carbocycles. The van der Waals surface area contributed by atoms with E-state index in [2.05, 4.69) is 15.9 Å². The molecule has 1 atom stereocenters. The third-order valence-electron chi connectivity index (χ3n) is 2.84. The predicted octanol–water partition coefficient (Wildman–Crippen LogP) is 4.36. The van der Waals surface area contributed by atoms with Gasteiger partial charge >= 0.3 is 0 Å². The summed E-state index contributed by atoms with van der Waals surface area (Å²) in [5, 5.41) is 9.66. The molecule has 20 heavy (non-hydrogen) atoms. The van der Waals surface area contributed by atoms with E-state index in [1.54, 1.807) is 25.1 Å². The van der Waals surface area contributed by atoms with Crippen molar-refractivity contribution >= 4 is 15.9 Å². The highest BCUT2D eigenvalue weighted by Gasteiger charge is 2.12. The second-order valence-electron chi connectivity index (χ2n) is 4.36. The molecular formula is C15H13BrF2O2. The molecule has 0 unspecified atom stereocenters. The van der Waals surface area contributed by atoms with Crippen LogP contribution in [0.25, 0.3) is 0 Å². The zero-order valence-electron chi connectivity index (χ0n) is 10.7. The Hall–Kier alpha value is -1.46. The van der Waals surface area contributed by atoms with Gasteiger partial charge in [0, 0.05) is 15.6 Å². The van der Waals surface area contributed by atoms with E-state index in [0.29, 0.717) is 11.3 Å².